The van der Waals surface area contributed by atoms with Crippen molar-refractivity contribution < 1.29 is 13.2 Å². The largest absolute Gasteiger partial charge is 0.497 e. The van der Waals surface area contributed by atoms with Gasteiger partial charge < -0.3 is 4.74 Å². The number of hydrogen-bond donors (Lipinski definition) is 0. The van der Waals surface area contributed by atoms with Gasteiger partial charge in [-0.2, -0.15) is 0 Å². The van der Waals surface area contributed by atoms with Crippen LogP contribution in [0.15, 0.2) is 53.4 Å². The second kappa shape index (κ2) is 6.36. The molecule has 0 saturated heterocycles. The van der Waals surface area contributed by atoms with E-state index in [1.165, 1.54) is 30.2 Å². The van der Waals surface area contributed by atoms with Crippen molar-refractivity contribution in [3.63, 3.8) is 0 Å². The molecule has 1 aliphatic rings. The highest BCUT2D eigenvalue weighted by Gasteiger charge is 2.29. The number of hydrogen-bond acceptors (Lipinski definition) is 3. The molecule has 1 saturated carbocycles. The predicted octanol–water partition coefficient (Wildman–Crippen LogP) is 4.15. The van der Waals surface area contributed by atoms with E-state index in [-0.39, 0.29) is 0 Å². The average Bonchev–Trinajstić information content (AvgIpc) is 3.04. The van der Waals surface area contributed by atoms with E-state index >= 15 is 0 Å². The van der Waals surface area contributed by atoms with Crippen molar-refractivity contribution in [2.45, 2.75) is 36.0 Å². The van der Waals surface area contributed by atoms with Gasteiger partial charge in [0.25, 0.3) is 0 Å². The number of sulfone groups is 1. The van der Waals surface area contributed by atoms with Gasteiger partial charge in [-0.3, -0.25) is 0 Å². The van der Waals surface area contributed by atoms with Gasteiger partial charge in [0.15, 0.2) is 9.84 Å². The molecule has 0 N–H and O–H groups in total. The highest BCUT2D eigenvalue weighted by molar-refractivity contribution is 7.90. The third-order valence-corrected chi connectivity index (χ3v) is 5.92. The minimum atomic E-state index is -3.13. The van der Waals surface area contributed by atoms with Gasteiger partial charge in [-0.1, -0.05) is 30.7 Å². The van der Waals surface area contributed by atoms with Gasteiger partial charge in [0.05, 0.1) is 12.0 Å². The van der Waals surface area contributed by atoms with E-state index in [1.807, 2.05) is 24.3 Å². The summed E-state index contributed by atoms with van der Waals surface area (Å²) in [5.41, 5.74) is 2.57. The minimum absolute atomic E-state index is 0.389. The monoisotopic (exact) mass is 330 g/mol. The summed E-state index contributed by atoms with van der Waals surface area (Å²) in [5.74, 6) is 1.82. The molecule has 2 unspecified atom stereocenters. The summed E-state index contributed by atoms with van der Waals surface area (Å²) in [6, 6.07) is 15.7. The zero-order chi connectivity index (χ0) is 16.4. The molecule has 3 nitrogen and oxygen atoms in total. The zero-order valence-electron chi connectivity index (χ0n) is 13.5. The lowest BCUT2D eigenvalue weighted by Crippen LogP contribution is -2.05. The molecule has 4 heteroatoms. The molecular formula is C19H22O3S. The van der Waals surface area contributed by atoms with E-state index in [0.717, 1.165) is 12.2 Å². The van der Waals surface area contributed by atoms with Crippen molar-refractivity contribution in [3.05, 3.63) is 59.7 Å². The van der Waals surface area contributed by atoms with Crippen LogP contribution >= 0.6 is 0 Å². The Hall–Kier alpha value is -1.81. The van der Waals surface area contributed by atoms with Gasteiger partial charge >= 0.3 is 0 Å². The average molecular weight is 330 g/mol. The van der Waals surface area contributed by atoms with Gasteiger partial charge in [-0.25, -0.2) is 8.42 Å². The van der Waals surface area contributed by atoms with Crippen molar-refractivity contribution in [2.24, 2.45) is 0 Å². The van der Waals surface area contributed by atoms with Crippen LogP contribution < -0.4 is 4.74 Å². The molecule has 23 heavy (non-hydrogen) atoms. The molecular weight excluding hydrogens is 308 g/mol. The van der Waals surface area contributed by atoms with Gasteiger partial charge in [-0.15, -0.1) is 0 Å². The first kappa shape index (κ1) is 16.1. The summed E-state index contributed by atoms with van der Waals surface area (Å²) < 4.78 is 28.4. The summed E-state index contributed by atoms with van der Waals surface area (Å²) >= 11 is 0. The second-order valence-corrected chi connectivity index (χ2v) is 8.27. The van der Waals surface area contributed by atoms with Crippen molar-refractivity contribution in [1.29, 1.82) is 0 Å². The fourth-order valence-corrected chi connectivity index (χ4v) is 4.20. The number of rotatable bonds is 4. The van der Waals surface area contributed by atoms with Crippen LogP contribution in [0.3, 0.4) is 0 Å². The van der Waals surface area contributed by atoms with Crippen LogP contribution in [-0.4, -0.2) is 21.8 Å². The molecule has 1 fully saturated rings. The molecule has 3 rings (SSSR count). The van der Waals surface area contributed by atoms with Crippen molar-refractivity contribution >= 4 is 9.84 Å². The molecule has 0 bridgehead atoms. The fraction of sp³-hybridized carbons (Fsp3) is 0.368. The molecule has 2 aromatic carbocycles. The molecule has 0 spiro atoms. The first-order chi connectivity index (χ1) is 11.0. The highest BCUT2D eigenvalue weighted by atomic mass is 32.2. The van der Waals surface area contributed by atoms with Crippen molar-refractivity contribution in [1.82, 2.24) is 0 Å². The third-order valence-electron chi connectivity index (χ3n) is 4.80. The Kier molecular flexibility index (Phi) is 4.44. The molecule has 2 atom stereocenters. The maximum absolute atomic E-state index is 11.6. The lowest BCUT2D eigenvalue weighted by molar-refractivity contribution is 0.414. The lowest BCUT2D eigenvalue weighted by atomic mass is 9.84. The van der Waals surface area contributed by atoms with E-state index in [2.05, 4.69) is 12.1 Å². The maximum atomic E-state index is 11.6. The van der Waals surface area contributed by atoms with E-state index in [4.69, 9.17) is 4.74 Å². The number of methoxy groups -OCH3 is 1. The van der Waals surface area contributed by atoms with E-state index < -0.39 is 9.84 Å². The van der Waals surface area contributed by atoms with E-state index in [0.29, 0.717) is 16.7 Å². The number of benzene rings is 2. The van der Waals surface area contributed by atoms with Gasteiger partial charge in [-0.05, 0) is 60.1 Å². The molecule has 0 aromatic heterocycles. The minimum Gasteiger partial charge on any atom is -0.497 e. The van der Waals surface area contributed by atoms with E-state index in [1.54, 1.807) is 19.2 Å². The summed E-state index contributed by atoms with van der Waals surface area (Å²) in [6.07, 6.45) is 4.77. The first-order valence-corrected chi connectivity index (χ1v) is 9.82. The smallest absolute Gasteiger partial charge is 0.175 e. The summed E-state index contributed by atoms with van der Waals surface area (Å²) in [5, 5.41) is 0. The van der Waals surface area contributed by atoms with Crippen molar-refractivity contribution in [3.8, 4) is 5.75 Å². The standard InChI is InChI=1S/C19H22O3S/c1-22-16-10-6-14(7-11-16)18-4-3-5-19(18)15-8-12-17(13-9-15)23(2,20)21/h6-13,18-19H,3-5H2,1-2H3. The maximum Gasteiger partial charge on any atom is 0.175 e. The van der Waals surface area contributed by atoms with Crippen LogP contribution in [0, 0.1) is 0 Å². The Bertz CT molecular complexity index is 761. The quantitative estimate of drug-likeness (QED) is 0.846. The molecule has 0 aliphatic heterocycles. The van der Waals surface area contributed by atoms with Crippen LogP contribution in [0.25, 0.3) is 0 Å². The summed E-state index contributed by atoms with van der Waals surface area (Å²) in [7, 11) is -1.45. The van der Waals surface area contributed by atoms with Crippen LogP contribution in [0.1, 0.15) is 42.2 Å². The topological polar surface area (TPSA) is 43.4 Å². The Balaban J connectivity index is 1.86. The number of ether oxygens (including phenoxy) is 1. The third kappa shape index (κ3) is 3.42. The molecule has 1 aliphatic carbocycles. The van der Waals surface area contributed by atoms with Crippen molar-refractivity contribution in [2.75, 3.05) is 13.4 Å². The zero-order valence-corrected chi connectivity index (χ0v) is 14.3. The Morgan fingerprint density at radius 2 is 1.35 bits per heavy atom. The molecule has 0 amide bonds. The van der Waals surface area contributed by atoms with Gasteiger partial charge in [0.1, 0.15) is 5.75 Å². The van der Waals surface area contributed by atoms with Crippen LogP contribution in [0.2, 0.25) is 0 Å². The normalized spacial score (nSPS) is 21.3. The summed E-state index contributed by atoms with van der Waals surface area (Å²) in [4.78, 5) is 0.389. The van der Waals surface area contributed by atoms with Gasteiger partial charge in [0, 0.05) is 6.26 Å². The van der Waals surface area contributed by atoms with Gasteiger partial charge in [0.2, 0.25) is 0 Å². The van der Waals surface area contributed by atoms with Crippen LogP contribution in [0.5, 0.6) is 5.75 Å². The second-order valence-electron chi connectivity index (χ2n) is 6.26. The Morgan fingerprint density at radius 3 is 1.78 bits per heavy atom. The molecule has 122 valence electrons. The van der Waals surface area contributed by atoms with Crippen LogP contribution in [0.4, 0.5) is 0 Å². The van der Waals surface area contributed by atoms with Crippen LogP contribution in [-0.2, 0) is 9.84 Å². The SMILES string of the molecule is COc1ccc(C2CCCC2c2ccc(S(C)(=O)=O)cc2)cc1. The van der Waals surface area contributed by atoms with E-state index in [9.17, 15) is 8.42 Å². The molecule has 0 heterocycles. The Morgan fingerprint density at radius 1 is 0.870 bits per heavy atom. The predicted molar refractivity (Wildman–Crippen MR) is 91.9 cm³/mol. The Labute approximate surface area is 138 Å². The fourth-order valence-electron chi connectivity index (χ4n) is 3.57. The molecule has 2 aromatic rings. The first-order valence-electron chi connectivity index (χ1n) is 7.93. The lowest BCUT2D eigenvalue weighted by Gasteiger charge is -2.21. The summed E-state index contributed by atoms with van der Waals surface area (Å²) in [6.45, 7) is 0. The highest BCUT2D eigenvalue weighted by Crippen LogP contribution is 2.46. The molecule has 0 radical (unpaired) electrons.